The van der Waals surface area contributed by atoms with E-state index in [1.54, 1.807) is 23.1 Å². The molecule has 114 valence electrons. The van der Waals surface area contributed by atoms with Crippen LogP contribution < -0.4 is 16.0 Å². The number of amides is 1. The summed E-state index contributed by atoms with van der Waals surface area (Å²) in [5.41, 5.74) is 7.53. The molecule has 0 saturated carbocycles. The minimum absolute atomic E-state index is 0.150. The molecule has 0 aliphatic heterocycles. The van der Waals surface area contributed by atoms with Gasteiger partial charge in [0, 0.05) is 33.4 Å². The predicted octanol–water partition coefficient (Wildman–Crippen LogP) is 1.20. The number of fused-ring (bicyclic) bond motifs is 1. The van der Waals surface area contributed by atoms with Crippen molar-refractivity contribution in [2.24, 2.45) is 5.73 Å². The third kappa shape index (κ3) is 3.71. The first kappa shape index (κ1) is 15.3. The fourth-order valence-corrected chi connectivity index (χ4v) is 1.87. The fraction of sp³-hybridized carbons (Fsp3) is 0.429. The van der Waals surface area contributed by atoms with Crippen LogP contribution in [0.25, 0.3) is 11.1 Å². The van der Waals surface area contributed by atoms with Crippen LogP contribution in [0.5, 0.6) is 0 Å². The molecule has 0 bridgehead atoms. The Labute approximate surface area is 123 Å². The lowest BCUT2D eigenvalue weighted by Crippen LogP contribution is -2.28. The summed E-state index contributed by atoms with van der Waals surface area (Å²) < 4.78 is 10.6. The first-order valence-corrected chi connectivity index (χ1v) is 6.64. The fourth-order valence-electron chi connectivity index (χ4n) is 1.87. The minimum Gasteiger partial charge on any atom is -0.423 e. The second kappa shape index (κ2) is 6.55. The SMILES string of the molecule is COC(CN)CC(=O)Nc1ccc2oc(N(C)C)nc2c1. The van der Waals surface area contributed by atoms with Gasteiger partial charge in [0.05, 0.1) is 12.5 Å². The molecule has 0 fully saturated rings. The maximum absolute atomic E-state index is 11.9. The molecule has 3 N–H and O–H groups in total. The molecule has 1 atom stereocenters. The number of benzene rings is 1. The van der Waals surface area contributed by atoms with Crippen molar-refractivity contribution in [3.8, 4) is 0 Å². The van der Waals surface area contributed by atoms with Crippen LogP contribution in [-0.4, -0.2) is 44.7 Å². The summed E-state index contributed by atoms with van der Waals surface area (Å²) in [6, 6.07) is 5.85. The number of nitrogens with zero attached hydrogens (tertiary/aromatic N) is 2. The van der Waals surface area contributed by atoms with E-state index in [1.807, 2.05) is 14.1 Å². The van der Waals surface area contributed by atoms with Gasteiger partial charge in [-0.25, -0.2) is 0 Å². The lowest BCUT2D eigenvalue weighted by atomic mass is 10.2. The van der Waals surface area contributed by atoms with Gasteiger partial charge in [-0.15, -0.1) is 0 Å². The number of carbonyl (C=O) groups excluding carboxylic acids is 1. The van der Waals surface area contributed by atoms with Gasteiger partial charge in [-0.2, -0.15) is 4.98 Å². The first-order valence-electron chi connectivity index (χ1n) is 6.64. The van der Waals surface area contributed by atoms with E-state index >= 15 is 0 Å². The van der Waals surface area contributed by atoms with Gasteiger partial charge in [0.25, 0.3) is 6.01 Å². The van der Waals surface area contributed by atoms with E-state index < -0.39 is 0 Å². The Morgan fingerprint density at radius 1 is 1.52 bits per heavy atom. The molecule has 21 heavy (non-hydrogen) atoms. The molecular formula is C14H20N4O3. The molecule has 0 radical (unpaired) electrons. The quantitative estimate of drug-likeness (QED) is 0.831. The largest absolute Gasteiger partial charge is 0.423 e. The Hall–Kier alpha value is -2.12. The van der Waals surface area contributed by atoms with Crippen LogP contribution >= 0.6 is 0 Å². The van der Waals surface area contributed by atoms with Crippen LogP contribution in [0.4, 0.5) is 11.7 Å². The standard InChI is InChI=1S/C14H20N4O3/c1-18(2)14-17-11-6-9(4-5-12(11)21-14)16-13(19)7-10(8-15)20-3/h4-6,10H,7-8,15H2,1-3H3,(H,16,19). The molecule has 7 nitrogen and oxygen atoms in total. The highest BCUT2D eigenvalue weighted by atomic mass is 16.5. The summed E-state index contributed by atoms with van der Waals surface area (Å²) in [5.74, 6) is -0.150. The zero-order valence-electron chi connectivity index (χ0n) is 12.4. The second-order valence-electron chi connectivity index (χ2n) is 4.92. The number of nitrogens with one attached hydrogen (secondary N) is 1. The number of hydrogen-bond acceptors (Lipinski definition) is 6. The highest BCUT2D eigenvalue weighted by molar-refractivity contribution is 5.93. The van der Waals surface area contributed by atoms with Crippen LogP contribution in [0, 0.1) is 0 Å². The number of aromatic nitrogens is 1. The van der Waals surface area contributed by atoms with Crippen molar-refractivity contribution in [1.82, 2.24) is 4.98 Å². The maximum Gasteiger partial charge on any atom is 0.297 e. The summed E-state index contributed by atoms with van der Waals surface area (Å²) in [5, 5.41) is 2.80. The van der Waals surface area contributed by atoms with Gasteiger partial charge >= 0.3 is 0 Å². The average Bonchev–Trinajstić information content (AvgIpc) is 2.88. The molecule has 1 amide bonds. The molecule has 7 heteroatoms. The number of methoxy groups -OCH3 is 1. The summed E-state index contributed by atoms with van der Waals surface area (Å²) in [6.45, 7) is 0.304. The molecular weight excluding hydrogens is 272 g/mol. The van der Waals surface area contributed by atoms with Crippen molar-refractivity contribution in [1.29, 1.82) is 0 Å². The van der Waals surface area contributed by atoms with E-state index in [0.717, 1.165) is 0 Å². The van der Waals surface area contributed by atoms with Crippen molar-refractivity contribution in [3.63, 3.8) is 0 Å². The topological polar surface area (TPSA) is 93.6 Å². The zero-order valence-corrected chi connectivity index (χ0v) is 12.4. The average molecular weight is 292 g/mol. The number of hydrogen-bond donors (Lipinski definition) is 2. The summed E-state index contributed by atoms with van der Waals surface area (Å²) >= 11 is 0. The second-order valence-corrected chi connectivity index (χ2v) is 4.92. The Morgan fingerprint density at radius 2 is 2.29 bits per heavy atom. The van der Waals surface area contributed by atoms with E-state index in [4.69, 9.17) is 14.9 Å². The number of ether oxygens (including phenoxy) is 1. The van der Waals surface area contributed by atoms with Gasteiger partial charge < -0.3 is 25.1 Å². The van der Waals surface area contributed by atoms with Gasteiger partial charge in [-0.3, -0.25) is 4.79 Å². The van der Waals surface area contributed by atoms with Gasteiger partial charge in [0.15, 0.2) is 5.58 Å². The summed E-state index contributed by atoms with van der Waals surface area (Å²) in [7, 11) is 5.24. The molecule has 0 saturated heterocycles. The first-order chi connectivity index (χ1) is 10.0. The zero-order chi connectivity index (χ0) is 15.4. The molecule has 1 unspecified atom stereocenters. The molecule has 1 heterocycles. The van der Waals surface area contributed by atoms with Crippen molar-refractivity contribution in [2.45, 2.75) is 12.5 Å². The number of nitrogens with two attached hydrogens (primary N) is 1. The smallest absolute Gasteiger partial charge is 0.297 e. The molecule has 0 spiro atoms. The third-order valence-electron chi connectivity index (χ3n) is 3.05. The Bertz CT molecular complexity index is 620. The highest BCUT2D eigenvalue weighted by Gasteiger charge is 2.13. The van der Waals surface area contributed by atoms with Crippen LogP contribution in [0.1, 0.15) is 6.42 Å². The van der Waals surface area contributed by atoms with Gasteiger partial charge in [0.1, 0.15) is 5.52 Å². The lowest BCUT2D eigenvalue weighted by Gasteiger charge is -2.12. The maximum atomic E-state index is 11.9. The number of oxazole rings is 1. The van der Waals surface area contributed by atoms with Crippen LogP contribution in [0.2, 0.25) is 0 Å². The van der Waals surface area contributed by atoms with E-state index in [9.17, 15) is 4.79 Å². The number of carbonyl (C=O) groups is 1. The molecule has 0 aliphatic carbocycles. The van der Waals surface area contributed by atoms with Crippen LogP contribution in [0.15, 0.2) is 22.6 Å². The Kier molecular flexibility index (Phi) is 4.77. The number of anilines is 2. The van der Waals surface area contributed by atoms with Gasteiger partial charge in [-0.05, 0) is 18.2 Å². The van der Waals surface area contributed by atoms with Gasteiger partial charge in [-0.1, -0.05) is 0 Å². The Morgan fingerprint density at radius 3 is 2.90 bits per heavy atom. The Balaban J connectivity index is 2.10. The molecule has 1 aromatic carbocycles. The van der Waals surface area contributed by atoms with Crippen molar-refractivity contribution >= 4 is 28.7 Å². The molecule has 0 aliphatic rings. The van der Waals surface area contributed by atoms with E-state index in [0.29, 0.717) is 29.3 Å². The molecule has 2 aromatic rings. The third-order valence-corrected chi connectivity index (χ3v) is 3.05. The van der Waals surface area contributed by atoms with E-state index in [1.165, 1.54) is 7.11 Å². The monoisotopic (exact) mass is 292 g/mol. The number of rotatable bonds is 6. The highest BCUT2D eigenvalue weighted by Crippen LogP contribution is 2.23. The summed E-state index contributed by atoms with van der Waals surface area (Å²) in [6.07, 6.45) is -0.0617. The van der Waals surface area contributed by atoms with Crippen LogP contribution in [-0.2, 0) is 9.53 Å². The molecule has 1 aromatic heterocycles. The van der Waals surface area contributed by atoms with Crippen molar-refractivity contribution in [2.75, 3.05) is 38.0 Å². The lowest BCUT2D eigenvalue weighted by molar-refractivity contribution is -0.118. The van der Waals surface area contributed by atoms with E-state index in [-0.39, 0.29) is 18.4 Å². The van der Waals surface area contributed by atoms with Gasteiger partial charge in [0.2, 0.25) is 5.91 Å². The molecule has 2 rings (SSSR count). The minimum atomic E-state index is -0.277. The predicted molar refractivity (Wildman–Crippen MR) is 81.4 cm³/mol. The van der Waals surface area contributed by atoms with Crippen LogP contribution in [0.3, 0.4) is 0 Å². The van der Waals surface area contributed by atoms with Crippen molar-refractivity contribution < 1.29 is 13.9 Å². The summed E-state index contributed by atoms with van der Waals surface area (Å²) in [4.78, 5) is 18.0. The van der Waals surface area contributed by atoms with Crippen molar-refractivity contribution in [3.05, 3.63) is 18.2 Å². The van der Waals surface area contributed by atoms with E-state index in [2.05, 4.69) is 10.3 Å². The normalized spacial score (nSPS) is 12.4.